The molecule has 7 N–H and O–H groups in total. The van der Waals surface area contributed by atoms with Gasteiger partial charge in [0.1, 0.15) is 11.8 Å². The zero-order chi connectivity index (χ0) is 29.3. The maximum absolute atomic E-state index is 13.4. The number of phenols is 3. The molecule has 2 aliphatic heterocycles. The lowest BCUT2D eigenvalue weighted by Gasteiger charge is -2.33. The van der Waals surface area contributed by atoms with Crippen molar-refractivity contribution in [2.24, 2.45) is 0 Å². The number of amides is 5. The third kappa shape index (κ3) is 5.29. The summed E-state index contributed by atoms with van der Waals surface area (Å²) in [7, 11) is -1.70. The first-order valence-corrected chi connectivity index (χ1v) is 12.1. The molecule has 0 aliphatic carbocycles. The number of aromatic carboxylic acids is 1. The molecule has 0 aromatic heterocycles. The summed E-state index contributed by atoms with van der Waals surface area (Å²) < 4.78 is 5.36. The van der Waals surface area contributed by atoms with E-state index in [1.807, 2.05) is 0 Å². The Kier molecular flexibility index (Phi) is 7.72. The van der Waals surface area contributed by atoms with Crippen LogP contribution >= 0.6 is 0 Å². The molecular formula is C24H25BN4O11. The molecule has 2 aromatic rings. The van der Waals surface area contributed by atoms with Crippen molar-refractivity contribution >= 4 is 36.8 Å². The Morgan fingerprint density at radius 2 is 1.77 bits per heavy atom. The van der Waals surface area contributed by atoms with Crippen LogP contribution in [0.25, 0.3) is 0 Å². The van der Waals surface area contributed by atoms with Crippen LogP contribution in [0.15, 0.2) is 30.3 Å². The van der Waals surface area contributed by atoms with Crippen LogP contribution < -0.4 is 15.3 Å². The number of aromatic hydroxyl groups is 3. The fraction of sp³-hybridized carbons (Fsp3) is 0.292. The van der Waals surface area contributed by atoms with Gasteiger partial charge in [0.2, 0.25) is 5.91 Å². The highest BCUT2D eigenvalue weighted by Crippen LogP contribution is 2.37. The average Bonchev–Trinajstić information content (AvgIpc) is 2.91. The Bertz CT molecular complexity index is 1380. The number of nitrogens with one attached hydrogen (secondary N) is 2. The first kappa shape index (κ1) is 28.0. The van der Waals surface area contributed by atoms with Gasteiger partial charge in [0.25, 0.3) is 0 Å². The Hall–Kier alpha value is -4.99. The van der Waals surface area contributed by atoms with Crippen molar-refractivity contribution in [2.45, 2.75) is 25.3 Å². The lowest BCUT2D eigenvalue weighted by Crippen LogP contribution is -2.60. The van der Waals surface area contributed by atoms with Gasteiger partial charge >= 0.3 is 30.9 Å². The second-order valence-corrected chi connectivity index (χ2v) is 9.06. The summed E-state index contributed by atoms with van der Waals surface area (Å²) in [6.45, 7) is 1.81. The molecule has 0 radical (unpaired) electrons. The molecule has 16 heteroatoms. The first-order chi connectivity index (χ1) is 18.9. The maximum atomic E-state index is 13.4. The number of likely N-dealkylation sites (N-methyl/N-ethyl adjacent to an activating group) is 1. The Labute approximate surface area is 226 Å². The Morgan fingerprint density at radius 3 is 2.40 bits per heavy atom. The van der Waals surface area contributed by atoms with Crippen LogP contribution in [-0.2, 0) is 20.8 Å². The van der Waals surface area contributed by atoms with Crippen LogP contribution in [0.5, 0.6) is 23.0 Å². The predicted molar refractivity (Wildman–Crippen MR) is 134 cm³/mol. The van der Waals surface area contributed by atoms with Crippen LogP contribution in [0.1, 0.15) is 34.5 Å². The second-order valence-electron chi connectivity index (χ2n) is 9.06. The van der Waals surface area contributed by atoms with Crippen molar-refractivity contribution in [3.8, 4) is 23.0 Å². The number of carbonyl (C=O) groups excluding carboxylic acids is 4. The number of urea groups is 1. The summed E-state index contributed by atoms with van der Waals surface area (Å²) >= 11 is 0. The number of phenolic OH excluding ortho intramolecular Hbond substituents is 3. The van der Waals surface area contributed by atoms with E-state index in [1.54, 1.807) is 13.0 Å². The van der Waals surface area contributed by atoms with Crippen molar-refractivity contribution in [1.82, 2.24) is 20.4 Å². The lowest BCUT2D eigenvalue weighted by molar-refractivity contribution is -0.153. The summed E-state index contributed by atoms with van der Waals surface area (Å²) in [6, 6.07) is 3.24. The van der Waals surface area contributed by atoms with E-state index >= 15 is 0 Å². The number of piperazine rings is 1. The fourth-order valence-electron chi connectivity index (χ4n) is 4.45. The molecule has 2 heterocycles. The van der Waals surface area contributed by atoms with Crippen LogP contribution in [0, 0.1) is 0 Å². The van der Waals surface area contributed by atoms with E-state index in [0.29, 0.717) is 10.5 Å². The van der Waals surface area contributed by atoms with Gasteiger partial charge in [-0.25, -0.2) is 9.59 Å². The van der Waals surface area contributed by atoms with E-state index in [1.165, 1.54) is 17.0 Å². The third-order valence-electron chi connectivity index (χ3n) is 6.57. The predicted octanol–water partition coefficient (Wildman–Crippen LogP) is -0.917. The number of nitrogens with zero attached hydrogens (tertiary/aromatic N) is 2. The van der Waals surface area contributed by atoms with Gasteiger partial charge in [-0.15, -0.1) is 0 Å². The first-order valence-electron chi connectivity index (χ1n) is 12.1. The lowest BCUT2D eigenvalue weighted by atomic mass is 9.72. The Balaban J connectivity index is 1.60. The van der Waals surface area contributed by atoms with Crippen molar-refractivity contribution in [2.75, 3.05) is 19.6 Å². The zero-order valence-corrected chi connectivity index (χ0v) is 21.0. The number of hydrogen-bond donors (Lipinski definition) is 7. The van der Waals surface area contributed by atoms with Crippen molar-refractivity contribution in [3.63, 3.8) is 0 Å². The van der Waals surface area contributed by atoms with Gasteiger partial charge in [0.05, 0.1) is 11.5 Å². The van der Waals surface area contributed by atoms with Crippen LogP contribution in [0.3, 0.4) is 0 Å². The minimum atomic E-state index is -1.71. The fourth-order valence-corrected chi connectivity index (χ4v) is 4.45. The molecule has 40 heavy (non-hydrogen) atoms. The largest absolute Gasteiger partial charge is 0.547 e. The van der Waals surface area contributed by atoms with Crippen LogP contribution in [0.2, 0.25) is 0 Å². The highest BCUT2D eigenvalue weighted by atomic mass is 16.5. The van der Waals surface area contributed by atoms with Gasteiger partial charge in [-0.1, -0.05) is 12.1 Å². The molecular weight excluding hydrogens is 531 g/mol. The summed E-state index contributed by atoms with van der Waals surface area (Å²) in [4.78, 5) is 64.6. The molecule has 4 rings (SSSR count). The number of para-hydroxylation sites is 1. The highest BCUT2D eigenvalue weighted by Gasteiger charge is 2.41. The molecule has 2 aromatic carbocycles. The van der Waals surface area contributed by atoms with E-state index < -0.39 is 66.1 Å². The van der Waals surface area contributed by atoms with Gasteiger partial charge in [-0.05, 0) is 42.7 Å². The third-order valence-corrected chi connectivity index (χ3v) is 6.57. The molecule has 0 bridgehead atoms. The van der Waals surface area contributed by atoms with Crippen LogP contribution in [0.4, 0.5) is 4.79 Å². The number of carboxylic acid groups (broad SMARTS) is 1. The van der Waals surface area contributed by atoms with E-state index in [-0.39, 0.29) is 42.9 Å². The molecule has 1 unspecified atom stereocenters. The second kappa shape index (κ2) is 11.0. The number of carbonyl (C=O) groups is 5. The van der Waals surface area contributed by atoms with Crippen molar-refractivity contribution < 1.29 is 54.1 Å². The van der Waals surface area contributed by atoms with E-state index in [2.05, 4.69) is 10.6 Å². The van der Waals surface area contributed by atoms with Crippen molar-refractivity contribution in [3.05, 3.63) is 47.0 Å². The quantitative estimate of drug-likeness (QED) is 0.131. The zero-order valence-electron chi connectivity index (χ0n) is 21.0. The van der Waals surface area contributed by atoms with Gasteiger partial charge in [-0.3, -0.25) is 19.3 Å². The maximum Gasteiger partial charge on any atom is 0.547 e. The minimum absolute atomic E-state index is 0.0650. The molecule has 0 saturated carbocycles. The SMILES string of the molecule is CCN1CCN(C(=O)NC(C(=O)N[C@H]2Cc3cccc(C(=O)O)c3OB2O)c2cc(O)c(O)c(O)c2)C(=O)C1=O. The van der Waals surface area contributed by atoms with E-state index in [9.17, 15) is 49.4 Å². The number of benzene rings is 2. The summed E-state index contributed by atoms with van der Waals surface area (Å²) in [5.74, 6) is -8.03. The number of hydrogen-bond acceptors (Lipinski definition) is 10. The monoisotopic (exact) mass is 556 g/mol. The standard InChI is InChI=1S/C24H25BN4O11/c1-2-28-6-7-29(22(35)21(28)34)24(38)27-17(12-8-14(30)18(32)15(31)9-12)20(33)26-16-10-11-4-3-5-13(23(36)37)19(11)40-25(16)39/h3-5,8-9,16-17,30-32,39H,2,6-7,10H2,1H3,(H,26,33)(H,27,38)(H,36,37)/t16-,17?/m0/s1. The van der Waals surface area contributed by atoms with E-state index in [0.717, 1.165) is 12.1 Å². The summed E-state index contributed by atoms with van der Waals surface area (Å²) in [5, 5.41) is 54.4. The molecule has 0 spiro atoms. The molecule has 1 fully saturated rings. The molecule has 5 amide bonds. The van der Waals surface area contributed by atoms with Gasteiger partial charge in [0.15, 0.2) is 17.2 Å². The van der Waals surface area contributed by atoms with Gasteiger partial charge < -0.3 is 45.6 Å². The molecule has 210 valence electrons. The normalized spacial score (nSPS) is 17.6. The van der Waals surface area contributed by atoms with Gasteiger partial charge in [0, 0.05) is 19.6 Å². The average molecular weight is 556 g/mol. The van der Waals surface area contributed by atoms with Crippen molar-refractivity contribution in [1.29, 1.82) is 0 Å². The molecule has 2 aliphatic rings. The smallest absolute Gasteiger partial charge is 0.534 e. The minimum Gasteiger partial charge on any atom is -0.534 e. The Morgan fingerprint density at radius 1 is 1.10 bits per heavy atom. The van der Waals surface area contributed by atoms with Crippen LogP contribution in [-0.4, -0.2) is 97.7 Å². The summed E-state index contributed by atoms with van der Waals surface area (Å²) in [5.41, 5.74) is -0.0396. The number of fused-ring (bicyclic) bond motifs is 1. The number of rotatable bonds is 6. The molecule has 15 nitrogen and oxygen atoms in total. The highest BCUT2D eigenvalue weighted by molar-refractivity contribution is 6.47. The topological polar surface area (TPSA) is 226 Å². The molecule has 2 atom stereocenters. The molecule has 1 saturated heterocycles. The van der Waals surface area contributed by atoms with E-state index in [4.69, 9.17) is 4.65 Å². The summed E-state index contributed by atoms with van der Waals surface area (Å²) in [6.07, 6.45) is -0.0674. The number of carboxylic acids is 1. The van der Waals surface area contributed by atoms with Gasteiger partial charge in [-0.2, -0.15) is 0 Å². The number of imide groups is 1.